The predicted octanol–water partition coefficient (Wildman–Crippen LogP) is 1.88. The van der Waals surface area contributed by atoms with Crippen LogP contribution in [0, 0.1) is 17.8 Å². The van der Waals surface area contributed by atoms with Crippen LogP contribution in [-0.4, -0.2) is 37.6 Å². The number of carbonyl (C=O) groups is 1. The summed E-state index contributed by atoms with van der Waals surface area (Å²) in [6.45, 7) is 4.15. The first-order chi connectivity index (χ1) is 10.2. The van der Waals surface area contributed by atoms with Gasteiger partial charge in [0.25, 0.3) is 5.91 Å². The topological polar surface area (TPSA) is 55.6 Å². The lowest BCUT2D eigenvalue weighted by Gasteiger charge is -2.17. The molecule has 4 heteroatoms. The second-order valence-electron chi connectivity index (χ2n) is 5.24. The van der Waals surface area contributed by atoms with Gasteiger partial charge in [0.1, 0.15) is 5.75 Å². The summed E-state index contributed by atoms with van der Waals surface area (Å²) in [5, 5.41) is 0. The lowest BCUT2D eigenvalue weighted by atomic mass is 10.1. The van der Waals surface area contributed by atoms with Crippen LogP contribution in [0.25, 0.3) is 0 Å². The van der Waals surface area contributed by atoms with E-state index in [1.807, 2.05) is 4.90 Å². The number of likely N-dealkylation sites (tertiary alicyclic amines) is 1. The second-order valence-corrected chi connectivity index (χ2v) is 5.24. The van der Waals surface area contributed by atoms with Crippen LogP contribution >= 0.6 is 0 Å². The molecule has 1 amide bonds. The van der Waals surface area contributed by atoms with Crippen molar-refractivity contribution in [1.82, 2.24) is 4.90 Å². The van der Waals surface area contributed by atoms with Gasteiger partial charge in [0.15, 0.2) is 0 Å². The number of carbonyl (C=O) groups excluding carboxylic acids is 1. The average molecular weight is 286 g/mol. The molecule has 1 atom stereocenters. The molecule has 0 saturated carbocycles. The molecule has 112 valence electrons. The summed E-state index contributed by atoms with van der Waals surface area (Å²) in [5.74, 6) is 7.13. The van der Waals surface area contributed by atoms with Crippen LogP contribution in [0.2, 0.25) is 0 Å². The molecule has 1 aromatic carbocycles. The third-order valence-electron chi connectivity index (χ3n) is 3.92. The Morgan fingerprint density at radius 2 is 2.33 bits per heavy atom. The van der Waals surface area contributed by atoms with E-state index in [9.17, 15) is 4.79 Å². The highest BCUT2D eigenvalue weighted by Crippen LogP contribution is 2.24. The van der Waals surface area contributed by atoms with Crippen molar-refractivity contribution in [1.29, 1.82) is 0 Å². The first-order valence-corrected chi connectivity index (χ1v) is 7.35. The molecule has 4 nitrogen and oxygen atoms in total. The van der Waals surface area contributed by atoms with E-state index >= 15 is 0 Å². The Kier molecular flexibility index (Phi) is 5.24. The standard InChI is InChI=1S/C17H22N2O2/c1-3-13-8-10-19(12-13)17(20)15-6-7-16(21-2)14(11-15)5-4-9-18/h6-7,11,13H,3,8-10,12,18H2,1-2H3. The Morgan fingerprint density at radius 1 is 1.52 bits per heavy atom. The van der Waals surface area contributed by atoms with Gasteiger partial charge in [-0.2, -0.15) is 0 Å². The molecule has 1 unspecified atom stereocenters. The summed E-state index contributed by atoms with van der Waals surface area (Å²) in [4.78, 5) is 14.5. The van der Waals surface area contributed by atoms with Crippen molar-refractivity contribution in [2.24, 2.45) is 11.7 Å². The summed E-state index contributed by atoms with van der Waals surface area (Å²) >= 11 is 0. The minimum Gasteiger partial charge on any atom is -0.495 e. The lowest BCUT2D eigenvalue weighted by molar-refractivity contribution is 0.0787. The van der Waals surface area contributed by atoms with Crippen molar-refractivity contribution in [2.75, 3.05) is 26.7 Å². The lowest BCUT2D eigenvalue weighted by Crippen LogP contribution is -2.28. The van der Waals surface area contributed by atoms with Gasteiger partial charge in [-0.1, -0.05) is 25.2 Å². The second kappa shape index (κ2) is 7.14. The van der Waals surface area contributed by atoms with Gasteiger partial charge in [-0.3, -0.25) is 4.79 Å². The molecule has 2 N–H and O–H groups in total. The van der Waals surface area contributed by atoms with Crippen molar-refractivity contribution < 1.29 is 9.53 Å². The summed E-state index contributed by atoms with van der Waals surface area (Å²) in [6.07, 6.45) is 2.22. The number of amides is 1. The maximum absolute atomic E-state index is 12.5. The van der Waals surface area contributed by atoms with Crippen molar-refractivity contribution in [2.45, 2.75) is 19.8 Å². The van der Waals surface area contributed by atoms with E-state index in [4.69, 9.17) is 10.5 Å². The van der Waals surface area contributed by atoms with Crippen molar-refractivity contribution in [3.63, 3.8) is 0 Å². The molecule has 0 bridgehead atoms. The van der Waals surface area contributed by atoms with Gasteiger partial charge in [0.05, 0.1) is 19.2 Å². The molecular formula is C17H22N2O2. The molecule has 0 aliphatic carbocycles. The van der Waals surface area contributed by atoms with Gasteiger partial charge in [-0.15, -0.1) is 0 Å². The van der Waals surface area contributed by atoms with Gasteiger partial charge in [-0.05, 0) is 30.5 Å². The largest absolute Gasteiger partial charge is 0.495 e. The molecule has 1 aliphatic rings. The van der Waals surface area contributed by atoms with Crippen LogP contribution in [0.5, 0.6) is 5.75 Å². The third kappa shape index (κ3) is 3.56. The zero-order chi connectivity index (χ0) is 15.2. The Labute approximate surface area is 126 Å². The maximum atomic E-state index is 12.5. The molecule has 0 spiro atoms. The number of ether oxygens (including phenoxy) is 1. The van der Waals surface area contributed by atoms with Crippen LogP contribution < -0.4 is 10.5 Å². The van der Waals surface area contributed by atoms with E-state index in [0.717, 1.165) is 25.9 Å². The molecule has 1 aliphatic heterocycles. The molecule has 0 radical (unpaired) electrons. The van der Waals surface area contributed by atoms with Crippen molar-refractivity contribution >= 4 is 5.91 Å². The minimum atomic E-state index is 0.0735. The molecule has 21 heavy (non-hydrogen) atoms. The zero-order valence-electron chi connectivity index (χ0n) is 12.7. The Morgan fingerprint density at radius 3 is 2.95 bits per heavy atom. The summed E-state index contributed by atoms with van der Waals surface area (Å²) in [5.41, 5.74) is 6.78. The SMILES string of the molecule is CCC1CCN(C(=O)c2ccc(OC)c(C#CCN)c2)C1. The Balaban J connectivity index is 2.22. The van der Waals surface area contributed by atoms with E-state index in [1.54, 1.807) is 25.3 Å². The third-order valence-corrected chi connectivity index (χ3v) is 3.92. The number of nitrogens with two attached hydrogens (primary N) is 1. The monoisotopic (exact) mass is 286 g/mol. The van der Waals surface area contributed by atoms with Crippen LogP contribution in [0.1, 0.15) is 35.7 Å². The van der Waals surface area contributed by atoms with E-state index in [0.29, 0.717) is 22.8 Å². The number of hydrogen-bond donors (Lipinski definition) is 1. The number of hydrogen-bond acceptors (Lipinski definition) is 3. The average Bonchev–Trinajstić information content (AvgIpc) is 3.00. The van der Waals surface area contributed by atoms with Crippen molar-refractivity contribution in [3.05, 3.63) is 29.3 Å². The molecule has 1 fully saturated rings. The first-order valence-electron chi connectivity index (χ1n) is 7.35. The van der Waals surface area contributed by atoms with Gasteiger partial charge in [0.2, 0.25) is 0 Å². The quantitative estimate of drug-likeness (QED) is 0.863. The normalized spacial score (nSPS) is 17.3. The van der Waals surface area contributed by atoms with Gasteiger partial charge >= 0.3 is 0 Å². The highest BCUT2D eigenvalue weighted by Gasteiger charge is 2.26. The summed E-state index contributed by atoms with van der Waals surface area (Å²) in [6, 6.07) is 5.39. The Bertz CT molecular complexity index is 572. The fourth-order valence-corrected chi connectivity index (χ4v) is 2.62. The predicted molar refractivity (Wildman–Crippen MR) is 83.2 cm³/mol. The fraction of sp³-hybridized carbons (Fsp3) is 0.471. The number of methoxy groups -OCH3 is 1. The highest BCUT2D eigenvalue weighted by atomic mass is 16.5. The van der Waals surface area contributed by atoms with E-state index in [1.165, 1.54) is 0 Å². The van der Waals surface area contributed by atoms with Crippen LogP contribution in [0.4, 0.5) is 0 Å². The Hall–Kier alpha value is -1.99. The number of rotatable bonds is 3. The molecule has 2 rings (SSSR count). The smallest absolute Gasteiger partial charge is 0.253 e. The van der Waals surface area contributed by atoms with Crippen molar-refractivity contribution in [3.8, 4) is 17.6 Å². The number of nitrogens with zero attached hydrogens (tertiary/aromatic N) is 1. The first kappa shape index (κ1) is 15.4. The summed E-state index contributed by atoms with van der Waals surface area (Å²) < 4.78 is 5.27. The zero-order valence-corrected chi connectivity index (χ0v) is 12.7. The van der Waals surface area contributed by atoms with Crippen LogP contribution in [0.15, 0.2) is 18.2 Å². The van der Waals surface area contributed by atoms with Gasteiger partial charge < -0.3 is 15.4 Å². The highest BCUT2D eigenvalue weighted by molar-refractivity contribution is 5.95. The number of benzene rings is 1. The molecule has 0 aromatic heterocycles. The van der Waals surface area contributed by atoms with E-state index < -0.39 is 0 Å². The fourth-order valence-electron chi connectivity index (χ4n) is 2.62. The van der Waals surface area contributed by atoms with Gasteiger partial charge in [0, 0.05) is 18.7 Å². The summed E-state index contributed by atoms with van der Waals surface area (Å²) in [7, 11) is 1.59. The van der Waals surface area contributed by atoms with Crippen LogP contribution in [-0.2, 0) is 0 Å². The van der Waals surface area contributed by atoms with E-state index in [-0.39, 0.29) is 12.5 Å². The van der Waals surface area contributed by atoms with Gasteiger partial charge in [-0.25, -0.2) is 0 Å². The molecule has 1 heterocycles. The molecule has 1 saturated heterocycles. The van der Waals surface area contributed by atoms with E-state index in [2.05, 4.69) is 18.8 Å². The maximum Gasteiger partial charge on any atom is 0.253 e. The molecular weight excluding hydrogens is 264 g/mol. The van der Waals surface area contributed by atoms with Crippen LogP contribution in [0.3, 0.4) is 0 Å². The molecule has 1 aromatic rings. The minimum absolute atomic E-state index is 0.0735.